The Balaban J connectivity index is 1.44. The van der Waals surface area contributed by atoms with E-state index >= 15 is 0 Å². The number of nitrogens with one attached hydrogen (secondary N) is 2. The molecule has 1 aliphatic rings. The fourth-order valence-corrected chi connectivity index (χ4v) is 4.67. The van der Waals surface area contributed by atoms with Gasteiger partial charge in [0.25, 0.3) is 0 Å². The second-order valence-electron chi connectivity index (χ2n) is 8.98. The zero-order valence-electron chi connectivity index (χ0n) is 19.5. The highest BCUT2D eigenvalue weighted by atomic mass is 19.2. The fraction of sp³-hybridized carbons (Fsp3) is 0.385. The number of aromatic amines is 1. The number of aryl methyl sites for hydroxylation is 1. The Hall–Kier alpha value is -3.30. The van der Waals surface area contributed by atoms with Crippen LogP contribution in [0.5, 0.6) is 5.75 Å². The number of H-pyrrole nitrogens is 1. The standard InChI is InChI=1S/C26H30F2N4O3/c1-32(16-17-6-3-2-4-7-17)25-22(31-24(33)9-5-8-18-14-29-30-15-18)13-23(26(25)34)35-19-10-11-20(27)21(28)12-19/h2-4,6-7,10-12,14-15,22-23,25-26,34H,5,8-9,13,16H2,1H3,(H,29,30)(H,31,33)/t22-,23-,25+,26+/m1/s1. The van der Waals surface area contributed by atoms with Gasteiger partial charge in [0.15, 0.2) is 11.6 Å². The Kier molecular flexibility index (Phi) is 8.09. The third kappa shape index (κ3) is 6.43. The Labute approximate surface area is 203 Å². The zero-order chi connectivity index (χ0) is 24.8. The van der Waals surface area contributed by atoms with Crippen molar-refractivity contribution in [3.05, 3.63) is 83.7 Å². The van der Waals surface area contributed by atoms with Crippen LogP contribution in [0, 0.1) is 11.6 Å². The molecular weight excluding hydrogens is 454 g/mol. The van der Waals surface area contributed by atoms with Crippen molar-refractivity contribution in [3.8, 4) is 5.75 Å². The van der Waals surface area contributed by atoms with Crippen molar-refractivity contribution in [1.29, 1.82) is 0 Å². The number of ether oxygens (including phenoxy) is 1. The predicted octanol–water partition coefficient (Wildman–Crippen LogP) is 3.21. The number of nitrogens with zero attached hydrogens (tertiary/aromatic N) is 2. The Morgan fingerprint density at radius 2 is 2.00 bits per heavy atom. The molecule has 4 rings (SSSR count). The average Bonchev–Trinajstić information content (AvgIpc) is 3.45. The summed E-state index contributed by atoms with van der Waals surface area (Å²) >= 11 is 0. The predicted molar refractivity (Wildman–Crippen MR) is 127 cm³/mol. The van der Waals surface area contributed by atoms with Crippen molar-refractivity contribution in [1.82, 2.24) is 20.4 Å². The Bertz CT molecular complexity index is 1100. The molecule has 1 aromatic heterocycles. The molecule has 0 bridgehead atoms. The van der Waals surface area contributed by atoms with Crippen molar-refractivity contribution >= 4 is 5.91 Å². The molecule has 0 aliphatic heterocycles. The largest absolute Gasteiger partial charge is 0.487 e. The van der Waals surface area contributed by atoms with Gasteiger partial charge in [-0.2, -0.15) is 5.10 Å². The van der Waals surface area contributed by atoms with Crippen molar-refractivity contribution in [3.63, 3.8) is 0 Å². The van der Waals surface area contributed by atoms with E-state index in [0.717, 1.165) is 29.7 Å². The van der Waals surface area contributed by atoms with Crippen LogP contribution in [0.1, 0.15) is 30.4 Å². The Morgan fingerprint density at radius 3 is 2.71 bits per heavy atom. The number of hydrogen-bond donors (Lipinski definition) is 3. The fourth-order valence-electron chi connectivity index (χ4n) is 4.67. The molecule has 186 valence electrons. The molecule has 0 spiro atoms. The summed E-state index contributed by atoms with van der Waals surface area (Å²) < 4.78 is 32.9. The number of amides is 1. The van der Waals surface area contributed by atoms with Gasteiger partial charge in [-0.15, -0.1) is 0 Å². The van der Waals surface area contributed by atoms with Crippen LogP contribution < -0.4 is 10.1 Å². The van der Waals surface area contributed by atoms with E-state index in [0.29, 0.717) is 25.8 Å². The van der Waals surface area contributed by atoms with Crippen molar-refractivity contribution in [2.45, 2.75) is 56.5 Å². The summed E-state index contributed by atoms with van der Waals surface area (Å²) in [6.07, 6.45) is 3.96. The first kappa shape index (κ1) is 24.8. The normalized spacial score (nSPS) is 21.9. The maximum atomic E-state index is 13.7. The summed E-state index contributed by atoms with van der Waals surface area (Å²) in [6.45, 7) is 0.563. The van der Waals surface area contributed by atoms with Gasteiger partial charge in [-0.1, -0.05) is 30.3 Å². The molecule has 3 aromatic rings. The second kappa shape index (κ2) is 11.4. The number of hydrogen-bond acceptors (Lipinski definition) is 5. The molecule has 1 fully saturated rings. The minimum Gasteiger partial charge on any atom is -0.487 e. The van der Waals surface area contributed by atoms with E-state index in [-0.39, 0.29) is 17.7 Å². The first-order chi connectivity index (χ1) is 16.9. The van der Waals surface area contributed by atoms with E-state index in [1.54, 1.807) is 12.4 Å². The van der Waals surface area contributed by atoms with Crippen LogP contribution in [0.3, 0.4) is 0 Å². The van der Waals surface area contributed by atoms with Gasteiger partial charge in [0.05, 0.1) is 18.3 Å². The maximum Gasteiger partial charge on any atom is 0.220 e. The van der Waals surface area contributed by atoms with Crippen LogP contribution in [0.15, 0.2) is 60.9 Å². The molecule has 0 saturated heterocycles. The van der Waals surface area contributed by atoms with Gasteiger partial charge in [-0.3, -0.25) is 14.8 Å². The molecular formula is C26H30F2N4O3. The lowest BCUT2D eigenvalue weighted by molar-refractivity contribution is -0.122. The number of carbonyl (C=O) groups is 1. The highest BCUT2D eigenvalue weighted by Crippen LogP contribution is 2.30. The molecule has 9 heteroatoms. The summed E-state index contributed by atoms with van der Waals surface area (Å²) in [5.74, 6) is -1.97. The number of aromatic nitrogens is 2. The molecule has 2 aromatic carbocycles. The molecule has 7 nitrogen and oxygen atoms in total. The van der Waals surface area contributed by atoms with Gasteiger partial charge in [0.2, 0.25) is 5.91 Å². The number of aliphatic hydroxyl groups is 1. The first-order valence-corrected chi connectivity index (χ1v) is 11.7. The molecule has 1 amide bonds. The van der Waals surface area contributed by atoms with Crippen molar-refractivity contribution in [2.24, 2.45) is 0 Å². The quantitative estimate of drug-likeness (QED) is 0.411. The van der Waals surface area contributed by atoms with Gasteiger partial charge in [-0.25, -0.2) is 8.78 Å². The lowest BCUT2D eigenvalue weighted by Gasteiger charge is -2.32. The summed E-state index contributed by atoms with van der Waals surface area (Å²) in [7, 11) is 1.89. The average molecular weight is 485 g/mol. The highest BCUT2D eigenvalue weighted by Gasteiger charge is 2.46. The summed E-state index contributed by atoms with van der Waals surface area (Å²) in [5.41, 5.74) is 2.10. The molecule has 4 atom stereocenters. The smallest absolute Gasteiger partial charge is 0.220 e. The van der Waals surface area contributed by atoms with Crippen LogP contribution in [0.2, 0.25) is 0 Å². The number of aliphatic hydroxyl groups excluding tert-OH is 1. The lowest BCUT2D eigenvalue weighted by Crippen LogP contribution is -2.51. The number of carbonyl (C=O) groups excluding carboxylic acids is 1. The maximum absolute atomic E-state index is 13.7. The second-order valence-corrected chi connectivity index (χ2v) is 8.98. The van der Waals surface area contributed by atoms with Gasteiger partial charge >= 0.3 is 0 Å². The minimum absolute atomic E-state index is 0.114. The van der Waals surface area contributed by atoms with Crippen molar-refractivity contribution in [2.75, 3.05) is 7.05 Å². The molecule has 3 N–H and O–H groups in total. The molecule has 1 heterocycles. The molecule has 35 heavy (non-hydrogen) atoms. The van der Waals surface area contributed by atoms with Crippen LogP contribution in [-0.4, -0.2) is 57.5 Å². The van der Waals surface area contributed by atoms with Gasteiger partial charge < -0.3 is 15.2 Å². The topological polar surface area (TPSA) is 90.5 Å². The van der Waals surface area contributed by atoms with Crippen LogP contribution >= 0.6 is 0 Å². The number of halogens is 2. The van der Waals surface area contributed by atoms with E-state index < -0.39 is 29.9 Å². The third-order valence-corrected chi connectivity index (χ3v) is 6.36. The zero-order valence-corrected chi connectivity index (χ0v) is 19.5. The Morgan fingerprint density at radius 1 is 1.20 bits per heavy atom. The van der Waals surface area contributed by atoms with E-state index in [9.17, 15) is 18.7 Å². The number of rotatable bonds is 10. The number of likely N-dealkylation sites (N-methyl/N-ethyl adjacent to an activating group) is 1. The monoisotopic (exact) mass is 484 g/mol. The van der Waals surface area contributed by atoms with E-state index in [1.807, 2.05) is 42.3 Å². The summed E-state index contributed by atoms with van der Waals surface area (Å²) in [6, 6.07) is 12.3. The van der Waals surface area contributed by atoms with E-state index in [1.165, 1.54) is 6.07 Å². The van der Waals surface area contributed by atoms with Crippen molar-refractivity contribution < 1.29 is 23.4 Å². The third-order valence-electron chi connectivity index (χ3n) is 6.36. The van der Waals surface area contributed by atoms with E-state index in [2.05, 4.69) is 15.5 Å². The minimum atomic E-state index is -1.02. The van der Waals surface area contributed by atoms with Crippen LogP contribution in [0.25, 0.3) is 0 Å². The highest BCUT2D eigenvalue weighted by molar-refractivity contribution is 5.76. The summed E-state index contributed by atoms with van der Waals surface area (Å²) in [5, 5.41) is 20.9. The molecule has 1 saturated carbocycles. The van der Waals surface area contributed by atoms with Crippen LogP contribution in [0.4, 0.5) is 8.78 Å². The number of benzene rings is 2. The molecule has 1 aliphatic carbocycles. The van der Waals surface area contributed by atoms with Gasteiger partial charge in [-0.05, 0) is 43.1 Å². The van der Waals surface area contributed by atoms with Crippen LogP contribution in [-0.2, 0) is 17.8 Å². The first-order valence-electron chi connectivity index (χ1n) is 11.7. The van der Waals surface area contributed by atoms with E-state index in [4.69, 9.17) is 4.74 Å². The SMILES string of the molecule is CN(Cc1ccccc1)[C@@H]1[C@@H](O)[C@H](Oc2ccc(F)c(F)c2)C[C@H]1NC(=O)CCCc1cn[nH]c1. The van der Waals surface area contributed by atoms with Gasteiger partial charge in [0.1, 0.15) is 18.0 Å². The summed E-state index contributed by atoms with van der Waals surface area (Å²) in [4.78, 5) is 14.7. The van der Waals surface area contributed by atoms with Gasteiger partial charge in [0, 0.05) is 31.6 Å². The molecule has 0 unspecified atom stereocenters. The molecule has 0 radical (unpaired) electrons. The lowest BCUT2D eigenvalue weighted by atomic mass is 10.1.